The highest BCUT2D eigenvalue weighted by Crippen LogP contribution is 2.42. The molecule has 11 heteroatoms. The van der Waals surface area contributed by atoms with E-state index >= 15 is 0 Å². The number of nitrogens with zero attached hydrogens (tertiary/aromatic N) is 6. The van der Waals surface area contributed by atoms with Crippen molar-refractivity contribution in [3.8, 4) is 23.4 Å². The normalized spacial score (nSPS) is 17.5. The van der Waals surface area contributed by atoms with Gasteiger partial charge >= 0.3 is 0 Å². The summed E-state index contributed by atoms with van der Waals surface area (Å²) in [6, 6.07) is 12.1. The summed E-state index contributed by atoms with van der Waals surface area (Å²) in [6.07, 6.45) is 3.84. The molecule has 2 aliphatic heterocycles. The number of likely N-dealkylation sites (tertiary alicyclic amines) is 1. The van der Waals surface area contributed by atoms with Gasteiger partial charge in [-0.25, -0.2) is 9.37 Å². The van der Waals surface area contributed by atoms with Crippen LogP contribution >= 0.6 is 0 Å². The number of nitriles is 1. The molecule has 2 saturated heterocycles. The number of amides is 1. The van der Waals surface area contributed by atoms with Crippen molar-refractivity contribution in [3.05, 3.63) is 60.1 Å². The average molecular weight is 570 g/mol. The summed E-state index contributed by atoms with van der Waals surface area (Å²) in [4.78, 5) is 22.8. The largest absolute Gasteiger partial charge is 0.475 e. The molecular weight excluding hydrogens is 537 g/mol. The Kier molecular flexibility index (Phi) is 7.39. The van der Waals surface area contributed by atoms with Gasteiger partial charge in [0.1, 0.15) is 29.5 Å². The van der Waals surface area contributed by atoms with E-state index in [0.29, 0.717) is 48.0 Å². The lowest BCUT2D eigenvalue weighted by atomic mass is 10.1. The van der Waals surface area contributed by atoms with Gasteiger partial charge in [0.2, 0.25) is 5.88 Å². The number of pyridine rings is 1. The molecular formula is C31H32FN7O3. The summed E-state index contributed by atoms with van der Waals surface area (Å²) in [5.41, 5.74) is 3.32. The fourth-order valence-electron chi connectivity index (χ4n) is 5.85. The first kappa shape index (κ1) is 27.5. The van der Waals surface area contributed by atoms with E-state index in [0.717, 1.165) is 41.2 Å². The summed E-state index contributed by atoms with van der Waals surface area (Å²) >= 11 is 0. The topological polar surface area (TPSA) is 111 Å². The lowest BCUT2D eigenvalue weighted by Crippen LogP contribution is -2.49. The number of anilines is 1. The predicted octanol–water partition coefficient (Wildman–Crippen LogP) is 4.69. The van der Waals surface area contributed by atoms with Crippen molar-refractivity contribution < 1.29 is 18.7 Å². The number of carbonyl (C=O) groups is 1. The number of hydrogen-bond acceptors (Lipinski definition) is 8. The molecule has 2 aliphatic rings. The second kappa shape index (κ2) is 11.3. The van der Waals surface area contributed by atoms with E-state index in [4.69, 9.17) is 14.5 Å². The van der Waals surface area contributed by atoms with Gasteiger partial charge in [0.15, 0.2) is 11.6 Å². The van der Waals surface area contributed by atoms with Crippen molar-refractivity contribution in [2.45, 2.75) is 25.8 Å². The molecule has 1 N–H and O–H groups in total. The summed E-state index contributed by atoms with van der Waals surface area (Å²) in [5.74, 6) is -0.271. The van der Waals surface area contributed by atoms with Crippen LogP contribution in [0.5, 0.6) is 17.4 Å². The van der Waals surface area contributed by atoms with Gasteiger partial charge in [0, 0.05) is 37.6 Å². The molecule has 0 aliphatic carbocycles. The van der Waals surface area contributed by atoms with E-state index in [1.807, 2.05) is 42.2 Å². The Labute approximate surface area is 242 Å². The molecule has 2 aromatic heterocycles. The lowest BCUT2D eigenvalue weighted by Gasteiger charge is -2.36. The monoisotopic (exact) mass is 569 g/mol. The van der Waals surface area contributed by atoms with Crippen LogP contribution in [0.4, 0.5) is 10.1 Å². The Morgan fingerprint density at radius 2 is 2.00 bits per heavy atom. The molecule has 2 aromatic carbocycles. The number of aryl methyl sites for hydroxylation is 1. The number of aromatic amines is 1. The molecule has 1 unspecified atom stereocenters. The van der Waals surface area contributed by atoms with Crippen LogP contribution in [0.1, 0.15) is 24.0 Å². The van der Waals surface area contributed by atoms with Crippen LogP contribution in [0.15, 0.2) is 48.9 Å². The van der Waals surface area contributed by atoms with Crippen molar-refractivity contribution in [3.63, 3.8) is 0 Å². The first-order valence-corrected chi connectivity index (χ1v) is 14.0. The average Bonchev–Trinajstić information content (AvgIpc) is 3.65. The molecule has 6 rings (SSSR count). The third-order valence-corrected chi connectivity index (χ3v) is 8.21. The van der Waals surface area contributed by atoms with E-state index in [9.17, 15) is 14.4 Å². The minimum absolute atomic E-state index is 0.230. The van der Waals surface area contributed by atoms with Gasteiger partial charge in [0.05, 0.1) is 22.8 Å². The summed E-state index contributed by atoms with van der Waals surface area (Å²) in [5, 5.41) is 19.1. The number of benzene rings is 2. The van der Waals surface area contributed by atoms with Crippen LogP contribution in [0, 0.1) is 18.3 Å². The number of para-hydroxylation sites is 1. The minimum atomic E-state index is -0.979. The third-order valence-electron chi connectivity index (χ3n) is 8.21. The number of piperazine rings is 1. The highest BCUT2D eigenvalue weighted by atomic mass is 19.1. The third kappa shape index (κ3) is 4.99. The van der Waals surface area contributed by atoms with E-state index in [-0.39, 0.29) is 25.0 Å². The molecule has 2 fully saturated rings. The first-order chi connectivity index (χ1) is 20.4. The van der Waals surface area contributed by atoms with Crippen LogP contribution in [-0.2, 0) is 4.79 Å². The van der Waals surface area contributed by atoms with Gasteiger partial charge in [-0.2, -0.15) is 10.4 Å². The number of nitrogens with one attached hydrogen (secondary N) is 1. The number of hydrogen-bond donors (Lipinski definition) is 1. The molecule has 0 spiro atoms. The lowest BCUT2D eigenvalue weighted by molar-refractivity contribution is -0.128. The van der Waals surface area contributed by atoms with Gasteiger partial charge in [-0.3, -0.25) is 9.89 Å². The van der Waals surface area contributed by atoms with Crippen LogP contribution in [0.25, 0.3) is 21.8 Å². The molecule has 216 valence electrons. The van der Waals surface area contributed by atoms with Crippen molar-refractivity contribution >= 4 is 33.4 Å². The SMILES string of the molecule is C=C(F)C(=O)N1CCN(c2c(C#N)c(OCC3CCCN3C)nc3c(Oc4c(C)ccc5[nH]ncc45)cccc23)CC1. The molecule has 0 bridgehead atoms. The quantitative estimate of drug-likeness (QED) is 0.319. The highest BCUT2D eigenvalue weighted by Gasteiger charge is 2.29. The Hall–Kier alpha value is -4.69. The van der Waals surface area contributed by atoms with E-state index < -0.39 is 11.7 Å². The zero-order valence-corrected chi connectivity index (χ0v) is 23.7. The number of fused-ring (bicyclic) bond motifs is 2. The standard InChI is InChI=1S/C31H32FN7O3/c1-19-9-10-25-24(17-34-36-25)29(19)42-26-8-4-7-22-27(26)35-30(41-18-21-6-5-11-37(21)3)23(16-33)28(22)38-12-14-39(15-13-38)31(40)20(2)32/h4,7-10,17,21H,2,5-6,11-15,18H2,1,3H3,(H,34,36). The Bertz CT molecular complexity index is 1720. The molecule has 4 aromatic rings. The van der Waals surface area contributed by atoms with Gasteiger partial charge < -0.3 is 24.2 Å². The van der Waals surface area contributed by atoms with E-state index in [1.165, 1.54) is 4.90 Å². The summed E-state index contributed by atoms with van der Waals surface area (Å²) in [7, 11) is 2.07. The fourth-order valence-corrected chi connectivity index (χ4v) is 5.85. The van der Waals surface area contributed by atoms with Crippen molar-refractivity contribution in [1.82, 2.24) is 25.0 Å². The van der Waals surface area contributed by atoms with Gasteiger partial charge in [0.25, 0.3) is 5.91 Å². The molecule has 0 radical (unpaired) electrons. The zero-order valence-electron chi connectivity index (χ0n) is 23.7. The van der Waals surface area contributed by atoms with Gasteiger partial charge in [-0.05, 0) is 51.1 Å². The maximum absolute atomic E-state index is 13.6. The summed E-state index contributed by atoms with van der Waals surface area (Å²) < 4.78 is 26.4. The molecule has 1 atom stereocenters. The number of likely N-dealkylation sites (N-methyl/N-ethyl adjacent to an activating group) is 1. The van der Waals surface area contributed by atoms with Crippen LogP contribution in [-0.4, -0.2) is 83.3 Å². The van der Waals surface area contributed by atoms with E-state index in [2.05, 4.69) is 34.8 Å². The fraction of sp³-hybridized carbons (Fsp3) is 0.355. The number of rotatable bonds is 7. The molecule has 1 amide bonds. The van der Waals surface area contributed by atoms with Crippen LogP contribution in [0.2, 0.25) is 0 Å². The molecule has 42 heavy (non-hydrogen) atoms. The van der Waals surface area contributed by atoms with Crippen molar-refractivity contribution in [1.29, 1.82) is 5.26 Å². The smallest absolute Gasteiger partial charge is 0.282 e. The highest BCUT2D eigenvalue weighted by molar-refractivity contribution is 5.99. The predicted molar refractivity (Wildman–Crippen MR) is 158 cm³/mol. The number of aromatic nitrogens is 3. The molecule has 0 saturated carbocycles. The molecule has 10 nitrogen and oxygen atoms in total. The number of H-pyrrole nitrogens is 1. The summed E-state index contributed by atoms with van der Waals surface area (Å²) in [6.45, 7) is 7.90. The zero-order chi connectivity index (χ0) is 29.4. The second-order valence-electron chi connectivity index (χ2n) is 10.8. The maximum Gasteiger partial charge on any atom is 0.282 e. The van der Waals surface area contributed by atoms with Crippen molar-refractivity contribution in [2.75, 3.05) is 51.3 Å². The minimum Gasteiger partial charge on any atom is -0.475 e. The van der Waals surface area contributed by atoms with Crippen LogP contribution in [0.3, 0.4) is 0 Å². The number of halogens is 1. The second-order valence-corrected chi connectivity index (χ2v) is 10.8. The molecule has 4 heterocycles. The maximum atomic E-state index is 13.6. The Morgan fingerprint density at radius 1 is 1.19 bits per heavy atom. The first-order valence-electron chi connectivity index (χ1n) is 14.0. The number of carbonyl (C=O) groups excluding carboxylic acids is 1. The van der Waals surface area contributed by atoms with Crippen molar-refractivity contribution in [2.24, 2.45) is 0 Å². The van der Waals surface area contributed by atoms with Gasteiger partial charge in [-0.1, -0.05) is 24.8 Å². The number of ether oxygens (including phenoxy) is 2. The van der Waals surface area contributed by atoms with Crippen LogP contribution < -0.4 is 14.4 Å². The van der Waals surface area contributed by atoms with E-state index in [1.54, 1.807) is 6.20 Å². The Morgan fingerprint density at radius 3 is 2.71 bits per heavy atom. The van der Waals surface area contributed by atoms with Gasteiger partial charge in [-0.15, -0.1) is 0 Å². The Balaban J connectivity index is 1.44.